The van der Waals surface area contributed by atoms with Crippen LogP contribution >= 0.6 is 0 Å². The quantitative estimate of drug-likeness (QED) is 0.797. The fraction of sp³-hybridized carbons (Fsp3) is 0.333. The lowest BCUT2D eigenvalue weighted by Crippen LogP contribution is -2.39. The van der Waals surface area contributed by atoms with Crippen molar-refractivity contribution in [2.24, 2.45) is 7.05 Å². The topological polar surface area (TPSA) is 104 Å². The number of amides is 2. The summed E-state index contributed by atoms with van der Waals surface area (Å²) in [5.74, 6) is -0.451. The van der Waals surface area contributed by atoms with Crippen molar-refractivity contribution in [2.75, 3.05) is 18.5 Å². The minimum atomic E-state index is -0.527. The number of H-pyrrole nitrogens is 1. The number of hydrogen-bond acceptors (Lipinski definition) is 4. The number of aromatic nitrogens is 2. The third-order valence-electron chi connectivity index (χ3n) is 4.68. The van der Waals surface area contributed by atoms with Gasteiger partial charge in [0, 0.05) is 50.4 Å². The summed E-state index contributed by atoms with van der Waals surface area (Å²) in [7, 11) is 3.09. The van der Waals surface area contributed by atoms with Crippen LogP contribution in [0.3, 0.4) is 0 Å². The zero-order valence-electron chi connectivity index (χ0n) is 14.6. The van der Waals surface area contributed by atoms with Crippen LogP contribution in [0.15, 0.2) is 40.1 Å². The van der Waals surface area contributed by atoms with Gasteiger partial charge in [-0.2, -0.15) is 0 Å². The minimum absolute atomic E-state index is 0.00236. The number of nitrogens with one attached hydrogen (secondary N) is 2. The normalized spacial score (nSPS) is 16.3. The molecule has 2 N–H and O–H groups in total. The van der Waals surface area contributed by atoms with Crippen LogP contribution in [0.1, 0.15) is 23.5 Å². The summed E-state index contributed by atoms with van der Waals surface area (Å²) in [6.07, 6.45) is 1.44. The average Bonchev–Trinajstić information content (AvgIpc) is 2.64. The maximum absolute atomic E-state index is 12.2. The van der Waals surface area contributed by atoms with Gasteiger partial charge in [-0.1, -0.05) is 18.2 Å². The van der Waals surface area contributed by atoms with E-state index in [1.165, 1.54) is 13.2 Å². The average molecular weight is 356 g/mol. The van der Waals surface area contributed by atoms with Crippen LogP contribution in [-0.4, -0.2) is 35.0 Å². The van der Waals surface area contributed by atoms with Crippen molar-refractivity contribution in [1.29, 1.82) is 0 Å². The first-order chi connectivity index (χ1) is 12.4. The van der Waals surface area contributed by atoms with Gasteiger partial charge in [0.05, 0.1) is 6.42 Å². The Morgan fingerprint density at radius 1 is 1.23 bits per heavy atom. The monoisotopic (exact) mass is 356 g/mol. The maximum atomic E-state index is 12.2. The Kier molecular flexibility index (Phi) is 4.75. The van der Waals surface area contributed by atoms with Gasteiger partial charge in [0.25, 0.3) is 5.56 Å². The summed E-state index contributed by atoms with van der Waals surface area (Å²) >= 11 is 0. The molecule has 2 heterocycles. The first-order valence-electron chi connectivity index (χ1n) is 8.28. The molecular weight excluding hydrogens is 336 g/mol. The van der Waals surface area contributed by atoms with Crippen LogP contribution in [0.25, 0.3) is 0 Å². The Hall–Kier alpha value is -3.16. The minimum Gasteiger partial charge on any atom is -0.355 e. The Balaban J connectivity index is 1.70. The highest BCUT2D eigenvalue weighted by molar-refractivity contribution is 5.96. The lowest BCUT2D eigenvalue weighted by Gasteiger charge is -2.31. The second kappa shape index (κ2) is 6.99. The molecule has 0 bridgehead atoms. The summed E-state index contributed by atoms with van der Waals surface area (Å²) in [5.41, 5.74) is 1.04. The summed E-state index contributed by atoms with van der Waals surface area (Å²) in [6, 6.07) is 7.61. The second-order valence-corrected chi connectivity index (χ2v) is 6.38. The molecule has 26 heavy (non-hydrogen) atoms. The molecule has 0 spiro atoms. The number of fused-ring (bicyclic) bond motifs is 1. The molecule has 1 aliphatic rings. The zero-order valence-corrected chi connectivity index (χ0v) is 14.6. The van der Waals surface area contributed by atoms with Crippen molar-refractivity contribution < 1.29 is 9.59 Å². The van der Waals surface area contributed by atoms with E-state index in [0.717, 1.165) is 15.8 Å². The van der Waals surface area contributed by atoms with Crippen molar-refractivity contribution >= 4 is 17.5 Å². The molecule has 0 saturated carbocycles. The lowest BCUT2D eigenvalue weighted by atomic mass is 9.89. The van der Waals surface area contributed by atoms with E-state index in [2.05, 4.69) is 10.3 Å². The van der Waals surface area contributed by atoms with Gasteiger partial charge in [-0.3, -0.25) is 19.0 Å². The predicted octanol–water partition coefficient (Wildman–Crippen LogP) is -0.117. The highest BCUT2D eigenvalue weighted by Gasteiger charge is 2.29. The summed E-state index contributed by atoms with van der Waals surface area (Å²) in [5, 5.41) is 2.79. The molecule has 8 heteroatoms. The van der Waals surface area contributed by atoms with E-state index in [1.807, 2.05) is 24.3 Å². The smallest absolute Gasteiger partial charge is 0.328 e. The molecule has 0 unspecified atom stereocenters. The molecule has 136 valence electrons. The lowest BCUT2D eigenvalue weighted by molar-refractivity contribution is -0.122. The van der Waals surface area contributed by atoms with Crippen LogP contribution < -0.4 is 21.5 Å². The first kappa shape index (κ1) is 17.7. The number of carbonyl (C=O) groups is 2. The number of aromatic amines is 1. The largest absolute Gasteiger partial charge is 0.355 e. The van der Waals surface area contributed by atoms with Gasteiger partial charge in [0.1, 0.15) is 0 Å². The summed E-state index contributed by atoms with van der Waals surface area (Å²) in [4.78, 5) is 51.8. The second-order valence-electron chi connectivity index (χ2n) is 6.38. The molecule has 0 saturated heterocycles. The molecule has 3 rings (SSSR count). The van der Waals surface area contributed by atoms with Crippen LogP contribution in [0.4, 0.5) is 5.69 Å². The standard InChI is InChI=1S/C18H20N4O4/c1-21-14-6-4-3-5-13(14)11(8-16(21)24)9-19-15(23)7-12-10-20-18(26)22(2)17(12)25/h3-6,10-11H,7-9H2,1-2H3,(H,19,23)(H,20,26)/t11-/m0/s1. The van der Waals surface area contributed by atoms with Crippen LogP contribution in [0.2, 0.25) is 0 Å². The number of benzene rings is 1. The molecule has 0 fully saturated rings. The molecule has 0 radical (unpaired) electrons. The van der Waals surface area contributed by atoms with E-state index in [1.54, 1.807) is 11.9 Å². The molecule has 8 nitrogen and oxygen atoms in total. The van der Waals surface area contributed by atoms with Gasteiger partial charge in [0.15, 0.2) is 0 Å². The third-order valence-corrected chi connectivity index (χ3v) is 4.68. The van der Waals surface area contributed by atoms with Crippen molar-refractivity contribution in [2.45, 2.75) is 18.8 Å². The van der Waals surface area contributed by atoms with Gasteiger partial charge in [-0.25, -0.2) is 4.79 Å². The van der Waals surface area contributed by atoms with Gasteiger partial charge < -0.3 is 15.2 Å². The van der Waals surface area contributed by atoms with E-state index in [4.69, 9.17) is 0 Å². The van der Waals surface area contributed by atoms with E-state index < -0.39 is 11.2 Å². The molecule has 2 aromatic rings. The fourth-order valence-corrected chi connectivity index (χ4v) is 3.13. The zero-order chi connectivity index (χ0) is 18.8. The number of anilines is 1. The van der Waals surface area contributed by atoms with Gasteiger partial charge in [0.2, 0.25) is 11.8 Å². The molecule has 1 atom stereocenters. The van der Waals surface area contributed by atoms with Gasteiger partial charge in [-0.05, 0) is 11.6 Å². The van der Waals surface area contributed by atoms with Gasteiger partial charge in [-0.15, -0.1) is 0 Å². The van der Waals surface area contributed by atoms with Crippen molar-refractivity contribution in [3.8, 4) is 0 Å². The van der Waals surface area contributed by atoms with Crippen LogP contribution in [0.5, 0.6) is 0 Å². The number of para-hydroxylation sites is 1. The predicted molar refractivity (Wildman–Crippen MR) is 96.2 cm³/mol. The number of rotatable bonds is 4. The summed E-state index contributed by atoms with van der Waals surface area (Å²) in [6.45, 7) is 0.305. The van der Waals surface area contributed by atoms with E-state index >= 15 is 0 Å². The summed E-state index contributed by atoms with van der Waals surface area (Å²) < 4.78 is 0.925. The number of carbonyl (C=O) groups excluding carboxylic acids is 2. The Labute approximate surface area is 149 Å². The van der Waals surface area contributed by atoms with E-state index in [0.29, 0.717) is 13.0 Å². The third kappa shape index (κ3) is 3.30. The molecule has 1 aromatic carbocycles. The highest BCUT2D eigenvalue weighted by atomic mass is 16.2. The Morgan fingerprint density at radius 2 is 1.96 bits per heavy atom. The Morgan fingerprint density at radius 3 is 2.73 bits per heavy atom. The highest BCUT2D eigenvalue weighted by Crippen LogP contribution is 2.34. The fourth-order valence-electron chi connectivity index (χ4n) is 3.13. The first-order valence-corrected chi connectivity index (χ1v) is 8.28. The van der Waals surface area contributed by atoms with Crippen LogP contribution in [0, 0.1) is 0 Å². The molecular formula is C18H20N4O4. The van der Waals surface area contributed by atoms with Gasteiger partial charge >= 0.3 is 5.69 Å². The Bertz CT molecular complexity index is 976. The molecule has 1 aromatic heterocycles. The van der Waals surface area contributed by atoms with Crippen molar-refractivity contribution in [1.82, 2.24) is 14.9 Å². The molecule has 1 aliphatic heterocycles. The van der Waals surface area contributed by atoms with Crippen LogP contribution in [-0.2, 0) is 23.1 Å². The number of hydrogen-bond donors (Lipinski definition) is 2. The van der Waals surface area contributed by atoms with Crippen molar-refractivity contribution in [3.63, 3.8) is 0 Å². The molecule has 0 aliphatic carbocycles. The maximum Gasteiger partial charge on any atom is 0.328 e. The molecule has 2 amide bonds. The van der Waals surface area contributed by atoms with E-state index in [9.17, 15) is 19.2 Å². The van der Waals surface area contributed by atoms with E-state index in [-0.39, 0.29) is 29.7 Å². The SMILES string of the molecule is CN1C(=O)C[C@@H](CNC(=O)Cc2c[nH]c(=O)n(C)c2=O)c2ccccc21. The number of nitrogens with zero attached hydrogens (tertiary/aromatic N) is 2. The van der Waals surface area contributed by atoms with Crippen molar-refractivity contribution in [3.05, 3.63) is 62.4 Å².